The van der Waals surface area contributed by atoms with Crippen LogP contribution in [-0.4, -0.2) is 44.6 Å². The fraction of sp³-hybridized carbons (Fsp3) is 0.429. The minimum Gasteiger partial charge on any atom is -0.480 e. The van der Waals surface area contributed by atoms with E-state index in [2.05, 4.69) is 33.0 Å². The Hall–Kier alpha value is -1.91. The summed E-state index contributed by atoms with van der Waals surface area (Å²) in [7, 11) is 0. The summed E-state index contributed by atoms with van der Waals surface area (Å²) >= 11 is 6.33. The zero-order valence-corrected chi connectivity index (χ0v) is 19.2. The summed E-state index contributed by atoms with van der Waals surface area (Å²) in [5, 5.41) is 10.1. The number of thiazole rings is 1. The van der Waals surface area contributed by atoms with Crippen molar-refractivity contribution in [2.75, 3.05) is 6.54 Å². The summed E-state index contributed by atoms with van der Waals surface area (Å²) in [6.07, 6.45) is 0.794. The normalized spacial score (nSPS) is 35.3. The summed E-state index contributed by atoms with van der Waals surface area (Å²) in [6, 6.07) is 8.07. The van der Waals surface area contributed by atoms with Crippen LogP contribution in [0.2, 0.25) is 0 Å². The first-order chi connectivity index (χ1) is 14.8. The molecule has 2 saturated carbocycles. The molecule has 1 aromatic carbocycles. The molecule has 4 aliphatic rings. The number of nitrogens with zero attached hydrogens (tertiary/aromatic N) is 1. The summed E-state index contributed by atoms with van der Waals surface area (Å²) in [5.74, 6) is -2.63. The molecule has 7 atom stereocenters. The Labute approximate surface area is 193 Å². The molecule has 2 aliphatic heterocycles. The molecule has 2 amide bonds. The van der Waals surface area contributed by atoms with E-state index in [-0.39, 0.29) is 45.6 Å². The van der Waals surface area contributed by atoms with Crippen LogP contribution in [0.3, 0.4) is 0 Å². The highest BCUT2D eigenvalue weighted by atomic mass is 79.9. The first-order valence-corrected chi connectivity index (χ1v) is 12.6. The van der Waals surface area contributed by atoms with Gasteiger partial charge in [0.05, 0.1) is 16.9 Å². The number of carbonyl (C=O) groups excluding carboxylic acids is 2. The third-order valence-electron chi connectivity index (χ3n) is 7.34. The van der Waals surface area contributed by atoms with Gasteiger partial charge in [-0.1, -0.05) is 39.4 Å². The predicted octanol–water partition coefficient (Wildman–Crippen LogP) is 2.76. The predicted molar refractivity (Wildman–Crippen MR) is 117 cm³/mol. The highest BCUT2D eigenvalue weighted by Gasteiger charge is 2.69. The minimum absolute atomic E-state index is 0.00161. The Kier molecular flexibility index (Phi) is 4.33. The van der Waals surface area contributed by atoms with Gasteiger partial charge in [-0.05, 0) is 41.9 Å². The summed E-state index contributed by atoms with van der Waals surface area (Å²) in [6.45, 7) is -0.566. The molecule has 2 aliphatic carbocycles. The van der Waals surface area contributed by atoms with Crippen molar-refractivity contribution in [3.63, 3.8) is 0 Å². The average molecular weight is 521 g/mol. The van der Waals surface area contributed by atoms with Gasteiger partial charge < -0.3 is 10.1 Å². The molecule has 2 bridgehead atoms. The maximum atomic E-state index is 13.1. The molecule has 0 unspecified atom stereocenters. The first kappa shape index (κ1) is 19.8. The summed E-state index contributed by atoms with van der Waals surface area (Å²) in [4.78, 5) is 54.4. The number of carboxylic acid groups (broad SMARTS) is 1. The Bertz CT molecular complexity index is 1190. The van der Waals surface area contributed by atoms with Crippen LogP contribution in [0, 0.1) is 29.6 Å². The van der Waals surface area contributed by atoms with E-state index in [1.54, 1.807) is 11.8 Å². The SMILES string of the molecule is O=C(O)CN1C(=O)[C@H]2[C@@H]3C[C@@H]([C@@H]2C1=O)[C@H]1[C@@H](c2ccc(Br)cc2)c2sc(=O)[nH]c2S[C@H]31. The fourth-order valence-corrected chi connectivity index (χ4v) is 9.57. The largest absolute Gasteiger partial charge is 0.480 e. The van der Waals surface area contributed by atoms with E-state index in [9.17, 15) is 19.2 Å². The van der Waals surface area contributed by atoms with Crippen LogP contribution in [0.4, 0.5) is 0 Å². The van der Waals surface area contributed by atoms with Crippen LogP contribution in [0.25, 0.3) is 0 Å². The van der Waals surface area contributed by atoms with Gasteiger partial charge in [0.25, 0.3) is 0 Å². The number of H-pyrrole nitrogens is 1. The number of rotatable bonds is 3. The highest BCUT2D eigenvalue weighted by Crippen LogP contribution is 2.68. The monoisotopic (exact) mass is 520 g/mol. The lowest BCUT2D eigenvalue weighted by Crippen LogP contribution is -2.42. The van der Waals surface area contributed by atoms with Gasteiger partial charge in [0, 0.05) is 20.5 Å². The lowest BCUT2D eigenvalue weighted by Gasteiger charge is -2.43. The number of carboxylic acids is 1. The number of carbonyl (C=O) groups is 3. The maximum Gasteiger partial charge on any atom is 0.323 e. The van der Waals surface area contributed by atoms with Crippen molar-refractivity contribution in [3.05, 3.63) is 48.8 Å². The molecular formula is C21H17BrN2O5S2. The Morgan fingerprint density at radius 1 is 1.13 bits per heavy atom. The lowest BCUT2D eigenvalue weighted by molar-refractivity contribution is -0.149. The third kappa shape index (κ3) is 2.70. The van der Waals surface area contributed by atoms with E-state index in [1.807, 2.05) is 12.1 Å². The zero-order valence-electron chi connectivity index (χ0n) is 16.0. The molecule has 160 valence electrons. The van der Waals surface area contributed by atoms with Crippen molar-refractivity contribution in [3.8, 4) is 0 Å². The Balaban J connectivity index is 1.45. The van der Waals surface area contributed by atoms with Gasteiger partial charge in [0.2, 0.25) is 11.8 Å². The number of hydrogen-bond acceptors (Lipinski definition) is 6. The molecule has 7 nitrogen and oxygen atoms in total. The van der Waals surface area contributed by atoms with Gasteiger partial charge in [-0.3, -0.25) is 24.1 Å². The lowest BCUT2D eigenvalue weighted by atomic mass is 9.68. The molecule has 31 heavy (non-hydrogen) atoms. The van der Waals surface area contributed by atoms with E-state index in [0.717, 1.165) is 31.3 Å². The van der Waals surface area contributed by atoms with Crippen molar-refractivity contribution in [2.45, 2.75) is 22.6 Å². The van der Waals surface area contributed by atoms with Crippen molar-refractivity contribution < 1.29 is 19.5 Å². The standard InChI is InChI=1S/C21H17BrN2O5S2/c22-8-3-1-7(2-4-8)12-13-9-5-10(16(13)30-18-17(12)31-21(29)23-18)15-14(9)19(27)24(20(15)28)6-11(25)26/h1-4,9-10,12-16H,5-6H2,(H,23,29)(H,25,26)/t9-,10+,12-,13+,14+,15+,16-/m1/s1. The second kappa shape index (κ2) is 6.79. The van der Waals surface area contributed by atoms with Gasteiger partial charge in [-0.25, -0.2) is 0 Å². The van der Waals surface area contributed by atoms with E-state index >= 15 is 0 Å². The van der Waals surface area contributed by atoms with Crippen LogP contribution in [0.1, 0.15) is 22.8 Å². The van der Waals surface area contributed by atoms with Crippen molar-refractivity contribution in [1.29, 1.82) is 0 Å². The third-order valence-corrected chi connectivity index (χ3v) is 10.5. The minimum atomic E-state index is -1.17. The van der Waals surface area contributed by atoms with Gasteiger partial charge in [-0.15, -0.1) is 11.8 Å². The van der Waals surface area contributed by atoms with Crippen LogP contribution >= 0.6 is 39.0 Å². The fourth-order valence-electron chi connectivity index (χ4n) is 6.41. The second-order valence-electron chi connectivity index (χ2n) is 8.67. The van der Waals surface area contributed by atoms with Gasteiger partial charge in [0.15, 0.2) is 0 Å². The first-order valence-electron chi connectivity index (χ1n) is 10.1. The maximum absolute atomic E-state index is 13.1. The number of aromatic amines is 1. The van der Waals surface area contributed by atoms with E-state index in [4.69, 9.17) is 5.11 Å². The molecule has 0 spiro atoms. The quantitative estimate of drug-likeness (QED) is 0.602. The highest BCUT2D eigenvalue weighted by molar-refractivity contribution is 9.10. The molecule has 6 rings (SSSR count). The number of hydrogen-bond donors (Lipinski definition) is 2. The van der Waals surface area contributed by atoms with Crippen LogP contribution in [0.15, 0.2) is 38.6 Å². The molecule has 10 heteroatoms. The summed E-state index contributed by atoms with van der Waals surface area (Å²) < 4.78 is 0.967. The number of aromatic nitrogens is 1. The van der Waals surface area contributed by atoms with Crippen LogP contribution in [0.5, 0.6) is 0 Å². The molecule has 2 N–H and O–H groups in total. The smallest absolute Gasteiger partial charge is 0.323 e. The van der Waals surface area contributed by atoms with Crippen LogP contribution in [-0.2, 0) is 14.4 Å². The zero-order chi connectivity index (χ0) is 21.6. The van der Waals surface area contributed by atoms with E-state index < -0.39 is 24.3 Å². The number of benzene rings is 1. The van der Waals surface area contributed by atoms with Gasteiger partial charge in [-0.2, -0.15) is 0 Å². The van der Waals surface area contributed by atoms with Crippen LogP contribution < -0.4 is 4.87 Å². The topological polar surface area (TPSA) is 108 Å². The molecule has 3 fully saturated rings. The number of thioether (sulfide) groups is 1. The number of amides is 2. The number of likely N-dealkylation sites (tertiary alicyclic amines) is 1. The Morgan fingerprint density at radius 2 is 1.81 bits per heavy atom. The number of fused-ring (bicyclic) bond motifs is 9. The van der Waals surface area contributed by atoms with Crippen molar-refractivity contribution >= 4 is 56.8 Å². The molecular weight excluding hydrogens is 504 g/mol. The van der Waals surface area contributed by atoms with Crippen molar-refractivity contribution in [2.24, 2.45) is 29.6 Å². The van der Waals surface area contributed by atoms with E-state index in [1.165, 1.54) is 11.3 Å². The number of imide groups is 1. The molecule has 1 aromatic heterocycles. The average Bonchev–Trinajstić information content (AvgIpc) is 3.44. The van der Waals surface area contributed by atoms with Gasteiger partial charge >= 0.3 is 10.8 Å². The molecule has 1 saturated heterocycles. The second-order valence-corrected chi connectivity index (χ2v) is 11.8. The van der Waals surface area contributed by atoms with Gasteiger partial charge in [0.1, 0.15) is 6.54 Å². The molecule has 3 heterocycles. The molecule has 0 radical (unpaired) electrons. The number of halogens is 1. The van der Waals surface area contributed by atoms with Crippen molar-refractivity contribution in [1.82, 2.24) is 9.88 Å². The summed E-state index contributed by atoms with van der Waals surface area (Å²) in [5.41, 5.74) is 1.10. The Morgan fingerprint density at radius 3 is 2.48 bits per heavy atom. The number of aliphatic carboxylic acids is 1. The molecule has 2 aromatic rings. The number of nitrogens with one attached hydrogen (secondary N) is 1. The van der Waals surface area contributed by atoms with E-state index in [0.29, 0.717) is 0 Å².